The van der Waals surface area contributed by atoms with E-state index in [1.54, 1.807) is 26.4 Å². The number of anilines is 1. The molecule has 1 unspecified atom stereocenters. The SMILES string of the molecule is COc1cc(NC(=O)C2CC23CCNCC3)c(OC)cc1Cl.Cl. The lowest BCUT2D eigenvalue weighted by Gasteiger charge is -2.23. The zero-order valence-electron chi connectivity index (χ0n) is 13.3. The average molecular weight is 361 g/mol. The van der Waals surface area contributed by atoms with Gasteiger partial charge in [-0.2, -0.15) is 0 Å². The molecule has 0 radical (unpaired) electrons. The third-order valence-corrected chi connectivity index (χ3v) is 5.13. The van der Waals surface area contributed by atoms with Crippen molar-refractivity contribution in [3.63, 3.8) is 0 Å². The number of rotatable bonds is 4. The number of halogens is 2. The molecule has 128 valence electrons. The summed E-state index contributed by atoms with van der Waals surface area (Å²) in [5.74, 6) is 1.22. The van der Waals surface area contributed by atoms with Gasteiger partial charge in [0.05, 0.1) is 24.9 Å². The minimum atomic E-state index is 0. The third kappa shape index (κ3) is 3.52. The molecule has 1 heterocycles. The molecule has 1 aliphatic heterocycles. The molecular formula is C16H22Cl2N2O3. The molecule has 2 N–H and O–H groups in total. The quantitative estimate of drug-likeness (QED) is 0.865. The van der Waals surface area contributed by atoms with Crippen molar-refractivity contribution in [1.82, 2.24) is 5.32 Å². The van der Waals surface area contributed by atoms with E-state index in [2.05, 4.69) is 10.6 Å². The van der Waals surface area contributed by atoms with Crippen LogP contribution in [-0.2, 0) is 4.79 Å². The van der Waals surface area contributed by atoms with Crippen molar-refractivity contribution in [2.24, 2.45) is 11.3 Å². The third-order valence-electron chi connectivity index (χ3n) is 4.84. The number of piperidine rings is 1. The van der Waals surface area contributed by atoms with Crippen LogP contribution in [0.3, 0.4) is 0 Å². The fourth-order valence-electron chi connectivity index (χ4n) is 3.37. The van der Waals surface area contributed by atoms with Gasteiger partial charge >= 0.3 is 0 Å². The van der Waals surface area contributed by atoms with E-state index in [0.717, 1.165) is 32.4 Å². The van der Waals surface area contributed by atoms with Crippen LogP contribution in [0.25, 0.3) is 0 Å². The number of methoxy groups -OCH3 is 2. The smallest absolute Gasteiger partial charge is 0.228 e. The zero-order chi connectivity index (χ0) is 15.7. The molecule has 1 aromatic carbocycles. The van der Waals surface area contributed by atoms with Gasteiger partial charge < -0.3 is 20.1 Å². The average Bonchev–Trinajstić information content (AvgIpc) is 3.22. The van der Waals surface area contributed by atoms with Gasteiger partial charge in [-0.05, 0) is 37.8 Å². The second-order valence-corrected chi connectivity index (χ2v) is 6.45. The van der Waals surface area contributed by atoms with Crippen LogP contribution in [0.1, 0.15) is 19.3 Å². The van der Waals surface area contributed by atoms with Crippen molar-refractivity contribution in [2.45, 2.75) is 19.3 Å². The summed E-state index contributed by atoms with van der Waals surface area (Å²) in [4.78, 5) is 12.5. The highest BCUT2D eigenvalue weighted by molar-refractivity contribution is 6.32. The van der Waals surface area contributed by atoms with Gasteiger partial charge in [0.2, 0.25) is 5.91 Å². The van der Waals surface area contributed by atoms with Crippen molar-refractivity contribution in [2.75, 3.05) is 32.6 Å². The predicted octanol–water partition coefficient (Wildman–Crippen LogP) is 3.11. The molecule has 1 saturated carbocycles. The summed E-state index contributed by atoms with van der Waals surface area (Å²) in [5, 5.41) is 6.78. The number of ether oxygens (including phenoxy) is 2. The maximum absolute atomic E-state index is 12.5. The first-order valence-electron chi connectivity index (χ1n) is 7.53. The molecule has 1 aromatic rings. The summed E-state index contributed by atoms with van der Waals surface area (Å²) in [6, 6.07) is 3.36. The van der Waals surface area contributed by atoms with Crippen molar-refractivity contribution in [3.8, 4) is 11.5 Å². The first-order valence-corrected chi connectivity index (χ1v) is 7.90. The Morgan fingerprint density at radius 1 is 1.26 bits per heavy atom. The Labute approximate surface area is 147 Å². The van der Waals surface area contributed by atoms with Crippen molar-refractivity contribution < 1.29 is 14.3 Å². The van der Waals surface area contributed by atoms with E-state index in [4.69, 9.17) is 21.1 Å². The van der Waals surface area contributed by atoms with E-state index in [1.807, 2.05) is 0 Å². The van der Waals surface area contributed by atoms with Crippen LogP contribution in [0.15, 0.2) is 12.1 Å². The molecule has 1 saturated heterocycles. The molecule has 1 aliphatic carbocycles. The highest BCUT2D eigenvalue weighted by Crippen LogP contribution is 2.59. The molecule has 7 heteroatoms. The Hall–Kier alpha value is -1.17. The molecular weight excluding hydrogens is 339 g/mol. The van der Waals surface area contributed by atoms with Crippen molar-refractivity contribution in [1.29, 1.82) is 0 Å². The molecule has 1 spiro atoms. The summed E-state index contributed by atoms with van der Waals surface area (Å²) in [5.41, 5.74) is 0.809. The van der Waals surface area contributed by atoms with E-state index >= 15 is 0 Å². The fourth-order valence-corrected chi connectivity index (χ4v) is 3.60. The number of carbonyl (C=O) groups excluding carboxylic acids is 1. The first kappa shape index (κ1) is 18.2. The van der Waals surface area contributed by atoms with Crippen LogP contribution in [0.4, 0.5) is 5.69 Å². The highest BCUT2D eigenvalue weighted by Gasteiger charge is 2.57. The highest BCUT2D eigenvalue weighted by atomic mass is 35.5. The number of hydrogen-bond acceptors (Lipinski definition) is 4. The van der Waals surface area contributed by atoms with Crippen LogP contribution < -0.4 is 20.1 Å². The Morgan fingerprint density at radius 3 is 2.52 bits per heavy atom. The lowest BCUT2D eigenvalue weighted by Crippen LogP contribution is -2.31. The Balaban J connectivity index is 0.00000192. The minimum Gasteiger partial charge on any atom is -0.495 e. The number of hydrogen-bond donors (Lipinski definition) is 2. The first-order chi connectivity index (χ1) is 10.6. The van der Waals surface area contributed by atoms with Gasteiger partial charge in [-0.1, -0.05) is 11.6 Å². The maximum Gasteiger partial charge on any atom is 0.228 e. The van der Waals surface area contributed by atoms with Crippen LogP contribution in [-0.4, -0.2) is 33.2 Å². The molecule has 3 rings (SSSR count). The largest absolute Gasteiger partial charge is 0.495 e. The number of carbonyl (C=O) groups is 1. The second-order valence-electron chi connectivity index (χ2n) is 6.05. The minimum absolute atomic E-state index is 0. The van der Waals surface area contributed by atoms with Crippen LogP contribution >= 0.6 is 24.0 Å². The molecule has 0 aromatic heterocycles. The summed E-state index contributed by atoms with van der Waals surface area (Å²) < 4.78 is 10.5. The summed E-state index contributed by atoms with van der Waals surface area (Å²) in [6.45, 7) is 2.00. The Morgan fingerprint density at radius 2 is 1.91 bits per heavy atom. The van der Waals surface area contributed by atoms with Crippen LogP contribution in [0.2, 0.25) is 5.02 Å². The topological polar surface area (TPSA) is 59.6 Å². The lowest BCUT2D eigenvalue weighted by atomic mass is 9.92. The molecule has 1 atom stereocenters. The van der Waals surface area contributed by atoms with Gasteiger partial charge in [0.1, 0.15) is 11.5 Å². The van der Waals surface area contributed by atoms with Gasteiger partial charge in [-0.15, -0.1) is 12.4 Å². The van der Waals surface area contributed by atoms with E-state index in [1.165, 1.54) is 0 Å². The van der Waals surface area contributed by atoms with Crippen molar-refractivity contribution >= 4 is 35.6 Å². The van der Waals surface area contributed by atoms with E-state index in [-0.39, 0.29) is 29.6 Å². The predicted molar refractivity (Wildman–Crippen MR) is 93.1 cm³/mol. The van der Waals surface area contributed by atoms with Crippen LogP contribution in [0, 0.1) is 11.3 Å². The number of nitrogens with one attached hydrogen (secondary N) is 2. The molecule has 0 bridgehead atoms. The molecule has 1 amide bonds. The summed E-state index contributed by atoms with van der Waals surface area (Å²) in [6.07, 6.45) is 3.13. The lowest BCUT2D eigenvalue weighted by molar-refractivity contribution is -0.118. The second kappa shape index (κ2) is 7.16. The zero-order valence-corrected chi connectivity index (χ0v) is 14.9. The Kier molecular flexibility index (Phi) is 5.65. The standard InChI is InChI=1S/C16H21ClN2O3.ClH/c1-21-13-8-12(14(22-2)7-11(13)17)19-15(20)10-9-16(10)3-5-18-6-4-16;/h7-8,10,18H,3-6,9H2,1-2H3,(H,19,20);1H. The van der Waals surface area contributed by atoms with Gasteiger partial charge in [0.25, 0.3) is 0 Å². The Bertz CT molecular complexity index is 589. The normalized spacial score (nSPS) is 21.3. The van der Waals surface area contributed by atoms with Crippen molar-refractivity contribution in [3.05, 3.63) is 17.2 Å². The van der Waals surface area contributed by atoms with E-state index in [0.29, 0.717) is 22.2 Å². The molecule has 5 nitrogen and oxygen atoms in total. The monoisotopic (exact) mass is 360 g/mol. The summed E-state index contributed by atoms with van der Waals surface area (Å²) in [7, 11) is 3.10. The molecule has 2 aliphatic rings. The maximum atomic E-state index is 12.5. The van der Waals surface area contributed by atoms with E-state index < -0.39 is 0 Å². The molecule has 2 fully saturated rings. The molecule has 23 heavy (non-hydrogen) atoms. The number of benzene rings is 1. The fraction of sp³-hybridized carbons (Fsp3) is 0.562. The van der Waals surface area contributed by atoms with E-state index in [9.17, 15) is 4.79 Å². The summed E-state index contributed by atoms with van der Waals surface area (Å²) >= 11 is 6.08. The van der Waals surface area contributed by atoms with Gasteiger partial charge in [-0.25, -0.2) is 0 Å². The number of amides is 1. The van der Waals surface area contributed by atoms with Gasteiger partial charge in [0, 0.05) is 18.1 Å². The van der Waals surface area contributed by atoms with Gasteiger partial charge in [-0.3, -0.25) is 4.79 Å². The van der Waals surface area contributed by atoms with Crippen LogP contribution in [0.5, 0.6) is 11.5 Å². The van der Waals surface area contributed by atoms with Gasteiger partial charge in [0.15, 0.2) is 0 Å².